The molecule has 2 rings (SSSR count). The standard InChI is InChI=1S/C13H12ClFIN3/c1-3-17-13-11(16)7(2)18-12(19-13)8-4-5-9(14)10(15)6-8/h4-6H,3H2,1-2H3,(H,17,18,19). The monoisotopic (exact) mass is 391 g/mol. The lowest BCUT2D eigenvalue weighted by molar-refractivity contribution is 0.628. The van der Waals surface area contributed by atoms with Crippen molar-refractivity contribution in [3.8, 4) is 11.4 Å². The van der Waals surface area contributed by atoms with Crippen LogP contribution >= 0.6 is 34.2 Å². The van der Waals surface area contributed by atoms with Crippen LogP contribution in [-0.4, -0.2) is 16.5 Å². The first-order valence-corrected chi connectivity index (χ1v) is 7.22. The van der Waals surface area contributed by atoms with Crippen LogP contribution < -0.4 is 5.32 Å². The van der Waals surface area contributed by atoms with Crippen LogP contribution in [0.15, 0.2) is 18.2 Å². The lowest BCUT2D eigenvalue weighted by atomic mass is 10.2. The van der Waals surface area contributed by atoms with E-state index in [9.17, 15) is 4.39 Å². The van der Waals surface area contributed by atoms with Crippen molar-refractivity contribution in [1.82, 2.24) is 9.97 Å². The van der Waals surface area contributed by atoms with Crippen molar-refractivity contribution in [1.29, 1.82) is 0 Å². The fraction of sp³-hybridized carbons (Fsp3) is 0.231. The Balaban J connectivity index is 2.52. The van der Waals surface area contributed by atoms with Crippen LogP contribution in [-0.2, 0) is 0 Å². The van der Waals surface area contributed by atoms with E-state index >= 15 is 0 Å². The van der Waals surface area contributed by atoms with Gasteiger partial charge >= 0.3 is 0 Å². The van der Waals surface area contributed by atoms with Crippen LogP contribution in [0.4, 0.5) is 10.2 Å². The van der Waals surface area contributed by atoms with Gasteiger partial charge in [-0.25, -0.2) is 14.4 Å². The van der Waals surface area contributed by atoms with Crippen LogP contribution in [0.1, 0.15) is 12.6 Å². The van der Waals surface area contributed by atoms with Crippen molar-refractivity contribution in [3.63, 3.8) is 0 Å². The third kappa shape index (κ3) is 3.14. The van der Waals surface area contributed by atoms with Gasteiger partial charge in [0, 0.05) is 12.1 Å². The zero-order valence-corrected chi connectivity index (χ0v) is 13.4. The van der Waals surface area contributed by atoms with Crippen molar-refractivity contribution in [3.05, 3.63) is 38.3 Å². The van der Waals surface area contributed by atoms with Gasteiger partial charge in [0.25, 0.3) is 0 Å². The summed E-state index contributed by atoms with van der Waals surface area (Å²) >= 11 is 7.87. The van der Waals surface area contributed by atoms with E-state index in [-0.39, 0.29) is 5.02 Å². The Morgan fingerprint density at radius 2 is 2.11 bits per heavy atom. The van der Waals surface area contributed by atoms with Gasteiger partial charge in [0.15, 0.2) is 5.82 Å². The van der Waals surface area contributed by atoms with Crippen LogP contribution in [0.2, 0.25) is 5.02 Å². The van der Waals surface area contributed by atoms with Crippen LogP contribution in [0, 0.1) is 16.3 Å². The molecule has 0 saturated carbocycles. The average molecular weight is 392 g/mol. The molecular formula is C13H12ClFIN3. The van der Waals surface area contributed by atoms with E-state index in [1.165, 1.54) is 12.1 Å². The summed E-state index contributed by atoms with van der Waals surface area (Å²) in [6.45, 7) is 4.66. The fourth-order valence-electron chi connectivity index (χ4n) is 1.61. The summed E-state index contributed by atoms with van der Waals surface area (Å²) < 4.78 is 14.5. The number of hydrogen-bond acceptors (Lipinski definition) is 3. The van der Waals surface area contributed by atoms with Crippen molar-refractivity contribution in [2.75, 3.05) is 11.9 Å². The van der Waals surface area contributed by atoms with Gasteiger partial charge in [-0.05, 0) is 54.6 Å². The number of aromatic nitrogens is 2. The number of nitrogens with zero attached hydrogens (tertiary/aromatic N) is 2. The molecular weight excluding hydrogens is 380 g/mol. The highest BCUT2D eigenvalue weighted by molar-refractivity contribution is 14.1. The van der Waals surface area contributed by atoms with E-state index in [2.05, 4.69) is 37.9 Å². The summed E-state index contributed by atoms with van der Waals surface area (Å²) in [7, 11) is 0. The van der Waals surface area contributed by atoms with Crippen molar-refractivity contribution < 1.29 is 4.39 Å². The van der Waals surface area contributed by atoms with E-state index in [0.29, 0.717) is 11.4 Å². The molecule has 0 amide bonds. The van der Waals surface area contributed by atoms with Crippen LogP contribution in [0.25, 0.3) is 11.4 Å². The quantitative estimate of drug-likeness (QED) is 0.794. The molecule has 19 heavy (non-hydrogen) atoms. The summed E-state index contributed by atoms with van der Waals surface area (Å²) in [5.74, 6) is 0.786. The maximum absolute atomic E-state index is 13.5. The van der Waals surface area contributed by atoms with E-state index < -0.39 is 5.82 Å². The minimum absolute atomic E-state index is 0.0953. The number of aryl methyl sites for hydroxylation is 1. The molecule has 0 unspecified atom stereocenters. The number of rotatable bonds is 3. The van der Waals surface area contributed by atoms with Crippen LogP contribution in [0.5, 0.6) is 0 Å². The number of benzene rings is 1. The van der Waals surface area contributed by atoms with Gasteiger partial charge in [0.05, 0.1) is 14.3 Å². The maximum atomic E-state index is 13.5. The second-order valence-electron chi connectivity index (χ2n) is 3.95. The molecule has 1 aromatic heterocycles. The molecule has 2 aromatic rings. The van der Waals surface area contributed by atoms with E-state index in [1.54, 1.807) is 6.07 Å². The van der Waals surface area contributed by atoms with E-state index in [0.717, 1.165) is 21.6 Å². The molecule has 0 aliphatic rings. The first kappa shape index (κ1) is 14.5. The second kappa shape index (κ2) is 6.00. The second-order valence-corrected chi connectivity index (χ2v) is 5.44. The number of halogens is 3. The first-order valence-electron chi connectivity index (χ1n) is 5.76. The molecule has 0 aliphatic heterocycles. The first-order chi connectivity index (χ1) is 9.02. The topological polar surface area (TPSA) is 37.8 Å². The zero-order valence-electron chi connectivity index (χ0n) is 10.5. The number of anilines is 1. The summed E-state index contributed by atoms with van der Waals surface area (Å²) in [5, 5.41) is 3.27. The maximum Gasteiger partial charge on any atom is 0.161 e. The molecule has 0 fully saturated rings. The SMILES string of the molecule is CCNc1nc(-c2ccc(Cl)c(F)c2)nc(C)c1I. The summed E-state index contributed by atoms with van der Waals surface area (Å²) in [6, 6.07) is 4.57. The Kier molecular flexibility index (Phi) is 4.57. The Morgan fingerprint density at radius 3 is 2.74 bits per heavy atom. The molecule has 1 aromatic carbocycles. The molecule has 0 radical (unpaired) electrons. The molecule has 0 bridgehead atoms. The fourth-order valence-corrected chi connectivity index (χ4v) is 2.16. The highest BCUT2D eigenvalue weighted by atomic mass is 127. The highest BCUT2D eigenvalue weighted by Gasteiger charge is 2.11. The number of hydrogen-bond donors (Lipinski definition) is 1. The minimum atomic E-state index is -0.469. The van der Waals surface area contributed by atoms with E-state index in [1.807, 2.05) is 13.8 Å². The van der Waals surface area contributed by atoms with Gasteiger partial charge in [-0.2, -0.15) is 0 Å². The Bertz CT molecular complexity index is 619. The van der Waals surface area contributed by atoms with Crippen molar-refractivity contribution in [2.45, 2.75) is 13.8 Å². The summed E-state index contributed by atoms with van der Waals surface area (Å²) in [6.07, 6.45) is 0. The lowest BCUT2D eigenvalue weighted by Crippen LogP contribution is -2.06. The zero-order chi connectivity index (χ0) is 14.0. The predicted molar refractivity (Wildman–Crippen MR) is 84.1 cm³/mol. The van der Waals surface area contributed by atoms with Gasteiger partial charge in [-0.15, -0.1) is 0 Å². The molecule has 3 nitrogen and oxygen atoms in total. The van der Waals surface area contributed by atoms with Crippen LogP contribution in [0.3, 0.4) is 0 Å². The smallest absolute Gasteiger partial charge is 0.161 e. The lowest BCUT2D eigenvalue weighted by Gasteiger charge is -2.10. The van der Waals surface area contributed by atoms with Gasteiger partial charge in [0.1, 0.15) is 11.6 Å². The van der Waals surface area contributed by atoms with Gasteiger partial charge in [-0.3, -0.25) is 0 Å². The third-order valence-electron chi connectivity index (χ3n) is 2.54. The Morgan fingerprint density at radius 1 is 1.37 bits per heavy atom. The van der Waals surface area contributed by atoms with Gasteiger partial charge < -0.3 is 5.32 Å². The average Bonchev–Trinajstić information content (AvgIpc) is 2.38. The Hall–Kier alpha value is -0.950. The Labute approximate surface area is 129 Å². The molecule has 0 atom stereocenters. The molecule has 0 spiro atoms. The highest BCUT2D eigenvalue weighted by Crippen LogP contribution is 2.26. The molecule has 1 heterocycles. The minimum Gasteiger partial charge on any atom is -0.369 e. The normalized spacial score (nSPS) is 10.6. The largest absolute Gasteiger partial charge is 0.369 e. The predicted octanol–water partition coefficient (Wildman–Crippen LogP) is 4.28. The molecule has 6 heteroatoms. The van der Waals surface area contributed by atoms with Gasteiger partial charge in [0.2, 0.25) is 0 Å². The molecule has 1 N–H and O–H groups in total. The summed E-state index contributed by atoms with van der Waals surface area (Å²) in [5.41, 5.74) is 1.47. The third-order valence-corrected chi connectivity index (χ3v) is 4.14. The van der Waals surface area contributed by atoms with E-state index in [4.69, 9.17) is 11.6 Å². The molecule has 100 valence electrons. The molecule has 0 aliphatic carbocycles. The van der Waals surface area contributed by atoms with Gasteiger partial charge in [-0.1, -0.05) is 11.6 Å². The number of nitrogens with one attached hydrogen (secondary N) is 1. The van der Waals surface area contributed by atoms with Crippen molar-refractivity contribution in [2.24, 2.45) is 0 Å². The molecule has 0 saturated heterocycles. The summed E-state index contributed by atoms with van der Waals surface area (Å²) in [4.78, 5) is 8.81. The van der Waals surface area contributed by atoms with Crippen molar-refractivity contribution >= 4 is 40.0 Å².